The van der Waals surface area contributed by atoms with E-state index in [4.69, 9.17) is 4.74 Å². The smallest absolute Gasteiger partial charge is 0.122 e. The molecule has 2 fully saturated rings. The summed E-state index contributed by atoms with van der Waals surface area (Å²) < 4.78 is 7.45. The average molecular weight is 320 g/mol. The van der Waals surface area contributed by atoms with E-state index in [9.17, 15) is 0 Å². The fourth-order valence-electron chi connectivity index (χ4n) is 4.00. The highest BCUT2D eigenvalue weighted by Crippen LogP contribution is 2.22. The lowest BCUT2D eigenvalue weighted by molar-refractivity contribution is 0.116. The number of methoxy groups -OCH3 is 1. The lowest BCUT2D eigenvalue weighted by atomic mass is 9.99. The number of ether oxygens (including phenoxy) is 1. The van der Waals surface area contributed by atoms with Crippen LogP contribution in [0.4, 0.5) is 0 Å². The summed E-state index contributed by atoms with van der Waals surface area (Å²) in [5.41, 5.74) is 0. The Bertz CT molecular complexity index is 456. The van der Waals surface area contributed by atoms with Crippen LogP contribution in [-0.4, -0.2) is 65.3 Å². The predicted molar refractivity (Wildman–Crippen MR) is 92.4 cm³/mol. The maximum Gasteiger partial charge on any atom is 0.122 e. The summed E-state index contributed by atoms with van der Waals surface area (Å²) in [6, 6.07) is 0.733. The Kier molecular flexibility index (Phi) is 6.48. The van der Waals surface area contributed by atoms with Gasteiger partial charge in [-0.2, -0.15) is 0 Å². The van der Waals surface area contributed by atoms with Crippen LogP contribution >= 0.6 is 0 Å². The molecule has 23 heavy (non-hydrogen) atoms. The van der Waals surface area contributed by atoms with Crippen LogP contribution < -0.4 is 0 Å². The number of likely N-dealkylation sites (tertiary alicyclic amines) is 2. The number of imidazole rings is 1. The van der Waals surface area contributed by atoms with Crippen molar-refractivity contribution in [3.05, 3.63) is 18.2 Å². The second-order valence-electron chi connectivity index (χ2n) is 6.99. The number of nitrogens with zero attached hydrogens (tertiary/aromatic N) is 4. The van der Waals surface area contributed by atoms with Crippen molar-refractivity contribution in [2.75, 3.05) is 39.9 Å². The molecule has 2 aliphatic heterocycles. The molecule has 0 aliphatic carbocycles. The molecular formula is C18H32N4O. The lowest BCUT2D eigenvalue weighted by Crippen LogP contribution is -2.41. The van der Waals surface area contributed by atoms with Crippen LogP contribution in [0.15, 0.2) is 12.4 Å². The molecule has 0 spiro atoms. The molecule has 1 atom stereocenters. The van der Waals surface area contributed by atoms with E-state index >= 15 is 0 Å². The summed E-state index contributed by atoms with van der Waals surface area (Å²) in [5.74, 6) is 1.19. The molecular weight excluding hydrogens is 288 g/mol. The van der Waals surface area contributed by atoms with Gasteiger partial charge in [-0.15, -0.1) is 0 Å². The van der Waals surface area contributed by atoms with E-state index < -0.39 is 0 Å². The molecule has 1 aromatic rings. The Labute approximate surface area is 140 Å². The maximum absolute atomic E-state index is 5.21. The molecule has 130 valence electrons. The second kappa shape index (κ2) is 8.81. The monoisotopic (exact) mass is 320 g/mol. The Balaban J connectivity index is 1.54. The van der Waals surface area contributed by atoms with Gasteiger partial charge in [0.2, 0.25) is 0 Å². The van der Waals surface area contributed by atoms with Crippen molar-refractivity contribution in [2.24, 2.45) is 0 Å². The Morgan fingerprint density at radius 1 is 1.13 bits per heavy atom. The average Bonchev–Trinajstić information content (AvgIpc) is 3.24. The topological polar surface area (TPSA) is 33.5 Å². The molecule has 2 saturated heterocycles. The number of rotatable bonds is 8. The third-order valence-corrected chi connectivity index (χ3v) is 5.41. The minimum atomic E-state index is 0.733. The quantitative estimate of drug-likeness (QED) is 0.736. The van der Waals surface area contributed by atoms with E-state index in [0.717, 1.165) is 25.7 Å². The molecule has 0 amide bonds. The molecule has 3 heterocycles. The van der Waals surface area contributed by atoms with Gasteiger partial charge < -0.3 is 14.2 Å². The van der Waals surface area contributed by atoms with E-state index in [0.29, 0.717) is 0 Å². The van der Waals surface area contributed by atoms with Crippen molar-refractivity contribution in [1.29, 1.82) is 0 Å². The molecule has 0 radical (unpaired) electrons. The van der Waals surface area contributed by atoms with E-state index in [1.807, 2.05) is 6.20 Å². The second-order valence-corrected chi connectivity index (χ2v) is 6.99. The molecule has 3 rings (SSSR count). The van der Waals surface area contributed by atoms with Gasteiger partial charge in [0.15, 0.2) is 0 Å². The summed E-state index contributed by atoms with van der Waals surface area (Å²) in [4.78, 5) is 9.91. The fraction of sp³-hybridized carbons (Fsp3) is 0.833. The molecule has 0 bridgehead atoms. The van der Waals surface area contributed by atoms with Crippen LogP contribution in [0.25, 0.3) is 0 Å². The van der Waals surface area contributed by atoms with Crippen molar-refractivity contribution in [3.63, 3.8) is 0 Å². The SMILES string of the molecule is COCCn1ccnc1CN1CCCC[C@H]1CCN1CCCC1. The van der Waals surface area contributed by atoms with Gasteiger partial charge in [-0.25, -0.2) is 4.98 Å². The van der Waals surface area contributed by atoms with E-state index in [2.05, 4.69) is 25.5 Å². The number of piperidine rings is 1. The Morgan fingerprint density at radius 2 is 1.96 bits per heavy atom. The van der Waals surface area contributed by atoms with Crippen molar-refractivity contribution in [2.45, 2.75) is 57.7 Å². The first-order valence-corrected chi connectivity index (χ1v) is 9.32. The lowest BCUT2D eigenvalue weighted by Gasteiger charge is -2.36. The zero-order valence-electron chi connectivity index (χ0n) is 14.6. The zero-order valence-corrected chi connectivity index (χ0v) is 14.6. The van der Waals surface area contributed by atoms with Crippen LogP contribution in [0.5, 0.6) is 0 Å². The van der Waals surface area contributed by atoms with Gasteiger partial charge >= 0.3 is 0 Å². The summed E-state index contributed by atoms with van der Waals surface area (Å²) in [6.07, 6.45) is 12.2. The summed E-state index contributed by atoms with van der Waals surface area (Å²) in [6.45, 7) is 7.77. The van der Waals surface area contributed by atoms with Crippen molar-refractivity contribution in [3.8, 4) is 0 Å². The third-order valence-electron chi connectivity index (χ3n) is 5.41. The van der Waals surface area contributed by atoms with Gasteiger partial charge in [-0.05, 0) is 58.3 Å². The van der Waals surface area contributed by atoms with E-state index in [1.54, 1.807) is 7.11 Å². The molecule has 0 saturated carbocycles. The highest BCUT2D eigenvalue weighted by Gasteiger charge is 2.24. The van der Waals surface area contributed by atoms with E-state index in [1.165, 1.54) is 70.5 Å². The third kappa shape index (κ3) is 4.78. The van der Waals surface area contributed by atoms with Gasteiger partial charge in [-0.3, -0.25) is 4.90 Å². The Hall–Kier alpha value is -0.910. The molecule has 0 unspecified atom stereocenters. The molecule has 2 aliphatic rings. The minimum Gasteiger partial charge on any atom is -0.383 e. The number of aromatic nitrogens is 2. The first-order chi connectivity index (χ1) is 11.4. The molecule has 0 N–H and O–H groups in total. The number of hydrogen-bond donors (Lipinski definition) is 0. The van der Waals surface area contributed by atoms with Gasteiger partial charge in [0.05, 0.1) is 13.2 Å². The largest absolute Gasteiger partial charge is 0.383 e. The highest BCUT2D eigenvalue weighted by atomic mass is 16.5. The van der Waals surface area contributed by atoms with Crippen LogP contribution in [0.2, 0.25) is 0 Å². The first-order valence-electron chi connectivity index (χ1n) is 9.32. The Morgan fingerprint density at radius 3 is 2.78 bits per heavy atom. The van der Waals surface area contributed by atoms with Gasteiger partial charge in [0.25, 0.3) is 0 Å². The zero-order chi connectivity index (χ0) is 15.9. The summed E-state index contributed by atoms with van der Waals surface area (Å²) in [5, 5.41) is 0. The summed E-state index contributed by atoms with van der Waals surface area (Å²) in [7, 11) is 1.76. The predicted octanol–water partition coefficient (Wildman–Crippen LogP) is 2.37. The minimum absolute atomic E-state index is 0.733. The standard InChI is InChI=1S/C18H32N4O/c1-23-15-14-21-13-8-19-18(21)16-22-11-3-2-6-17(22)7-12-20-9-4-5-10-20/h8,13,17H,2-7,9-12,14-16H2,1H3/t17-/m0/s1. The maximum atomic E-state index is 5.21. The molecule has 1 aromatic heterocycles. The van der Waals surface area contributed by atoms with Gasteiger partial charge in [0.1, 0.15) is 5.82 Å². The van der Waals surface area contributed by atoms with E-state index in [-0.39, 0.29) is 0 Å². The number of hydrogen-bond acceptors (Lipinski definition) is 4. The fourth-order valence-corrected chi connectivity index (χ4v) is 4.00. The van der Waals surface area contributed by atoms with Crippen LogP contribution in [-0.2, 0) is 17.8 Å². The van der Waals surface area contributed by atoms with Crippen molar-refractivity contribution < 1.29 is 4.74 Å². The van der Waals surface area contributed by atoms with Crippen LogP contribution in [0.3, 0.4) is 0 Å². The molecule has 5 heteroatoms. The van der Waals surface area contributed by atoms with Crippen LogP contribution in [0, 0.1) is 0 Å². The molecule has 5 nitrogen and oxygen atoms in total. The molecule has 0 aromatic carbocycles. The highest BCUT2D eigenvalue weighted by molar-refractivity contribution is 4.94. The normalized spacial score (nSPS) is 23.6. The van der Waals surface area contributed by atoms with Gasteiger partial charge in [-0.1, -0.05) is 6.42 Å². The van der Waals surface area contributed by atoms with Gasteiger partial charge in [0, 0.05) is 32.1 Å². The van der Waals surface area contributed by atoms with Crippen molar-refractivity contribution in [1.82, 2.24) is 19.4 Å². The van der Waals surface area contributed by atoms with Crippen LogP contribution in [0.1, 0.15) is 44.3 Å². The summed E-state index contributed by atoms with van der Waals surface area (Å²) >= 11 is 0. The first kappa shape index (κ1) is 16.9. The van der Waals surface area contributed by atoms with Crippen molar-refractivity contribution >= 4 is 0 Å².